The zero-order chi connectivity index (χ0) is 14.7. The smallest absolute Gasteiger partial charge is 0.122 e. The van der Waals surface area contributed by atoms with Crippen molar-refractivity contribution in [3.8, 4) is 5.75 Å². The third kappa shape index (κ3) is 2.97. The summed E-state index contributed by atoms with van der Waals surface area (Å²) in [4.78, 5) is 2.35. The largest absolute Gasteiger partial charge is 0.496 e. The molecule has 1 aliphatic heterocycles. The topological polar surface area (TPSA) is 44.7 Å². The molecule has 2 unspecified atom stereocenters. The van der Waals surface area contributed by atoms with Crippen molar-refractivity contribution in [2.24, 2.45) is 0 Å². The van der Waals surface area contributed by atoms with Crippen LogP contribution in [0.4, 0.5) is 0 Å². The number of piperazine rings is 1. The molecule has 1 heterocycles. The van der Waals surface area contributed by atoms with Crippen LogP contribution < -0.4 is 10.1 Å². The first-order chi connectivity index (χ1) is 9.56. The molecular weight excluding hydrogens is 252 g/mol. The number of nitrogens with one attached hydrogen (secondary N) is 1. The van der Waals surface area contributed by atoms with Gasteiger partial charge in [-0.15, -0.1) is 0 Å². The first-order valence-electron chi connectivity index (χ1n) is 7.33. The van der Waals surface area contributed by atoms with Crippen molar-refractivity contribution < 1.29 is 9.84 Å². The van der Waals surface area contributed by atoms with Gasteiger partial charge in [0, 0.05) is 32.2 Å². The van der Waals surface area contributed by atoms with E-state index in [4.69, 9.17) is 4.74 Å². The molecule has 2 atom stereocenters. The minimum atomic E-state index is -0.460. The number of hydrogen-bond acceptors (Lipinski definition) is 4. The van der Waals surface area contributed by atoms with Crippen LogP contribution in [0, 0.1) is 13.8 Å². The SMILES string of the molecule is COc1ccc(C(O)C(C)N2CCNCC2)c(C)c1C. The second-order valence-electron chi connectivity index (χ2n) is 5.58. The van der Waals surface area contributed by atoms with Gasteiger partial charge in [0.05, 0.1) is 13.2 Å². The Kier molecular flexibility index (Phi) is 5.02. The highest BCUT2D eigenvalue weighted by Gasteiger charge is 2.26. The Morgan fingerprint density at radius 2 is 1.85 bits per heavy atom. The van der Waals surface area contributed by atoms with Crippen LogP contribution in [0.1, 0.15) is 29.7 Å². The number of methoxy groups -OCH3 is 1. The summed E-state index contributed by atoms with van der Waals surface area (Å²) in [6.07, 6.45) is -0.460. The van der Waals surface area contributed by atoms with Crippen LogP contribution in [-0.2, 0) is 0 Å². The van der Waals surface area contributed by atoms with Crippen molar-refractivity contribution in [3.05, 3.63) is 28.8 Å². The second-order valence-corrected chi connectivity index (χ2v) is 5.58. The fourth-order valence-electron chi connectivity index (χ4n) is 2.91. The Labute approximate surface area is 121 Å². The Morgan fingerprint density at radius 3 is 2.45 bits per heavy atom. The maximum atomic E-state index is 10.7. The number of hydrogen-bond donors (Lipinski definition) is 2. The van der Waals surface area contributed by atoms with Crippen LogP contribution in [0.2, 0.25) is 0 Å². The van der Waals surface area contributed by atoms with Crippen LogP contribution in [-0.4, -0.2) is 49.3 Å². The lowest BCUT2D eigenvalue weighted by atomic mass is 9.94. The third-order valence-corrected chi connectivity index (χ3v) is 4.50. The number of aliphatic hydroxyl groups is 1. The summed E-state index contributed by atoms with van der Waals surface area (Å²) in [6, 6.07) is 4.07. The van der Waals surface area contributed by atoms with Crippen LogP contribution in [0.3, 0.4) is 0 Å². The first kappa shape index (κ1) is 15.3. The van der Waals surface area contributed by atoms with Gasteiger partial charge >= 0.3 is 0 Å². The molecule has 0 spiro atoms. The molecule has 2 N–H and O–H groups in total. The highest BCUT2D eigenvalue weighted by atomic mass is 16.5. The van der Waals surface area contributed by atoms with E-state index in [9.17, 15) is 5.11 Å². The highest BCUT2D eigenvalue weighted by Crippen LogP contribution is 2.30. The summed E-state index contributed by atoms with van der Waals surface area (Å²) in [6.45, 7) is 10.2. The molecule has 4 nitrogen and oxygen atoms in total. The average molecular weight is 278 g/mol. The van der Waals surface area contributed by atoms with E-state index in [-0.39, 0.29) is 6.04 Å². The summed E-state index contributed by atoms with van der Waals surface area (Å²) >= 11 is 0. The van der Waals surface area contributed by atoms with Gasteiger partial charge in [0.25, 0.3) is 0 Å². The standard InChI is InChI=1S/C16H26N2O2/c1-11-12(2)15(20-4)6-5-14(11)16(19)13(3)18-9-7-17-8-10-18/h5-6,13,16-17,19H,7-10H2,1-4H3. The molecule has 0 aliphatic carbocycles. The van der Waals surface area contributed by atoms with Crippen molar-refractivity contribution in [2.75, 3.05) is 33.3 Å². The quantitative estimate of drug-likeness (QED) is 0.879. The number of ether oxygens (including phenoxy) is 1. The molecule has 2 rings (SSSR count). The lowest BCUT2D eigenvalue weighted by Crippen LogP contribution is -2.49. The average Bonchev–Trinajstić information content (AvgIpc) is 2.49. The number of aliphatic hydroxyl groups excluding tert-OH is 1. The first-order valence-corrected chi connectivity index (χ1v) is 7.33. The summed E-state index contributed by atoms with van der Waals surface area (Å²) in [7, 11) is 1.68. The molecule has 0 radical (unpaired) electrons. The maximum Gasteiger partial charge on any atom is 0.122 e. The van der Waals surface area contributed by atoms with E-state index in [0.717, 1.165) is 48.6 Å². The molecule has 0 bridgehead atoms. The van der Waals surface area contributed by atoms with E-state index < -0.39 is 6.10 Å². The van der Waals surface area contributed by atoms with Crippen LogP contribution >= 0.6 is 0 Å². The molecule has 1 aliphatic rings. The van der Waals surface area contributed by atoms with Crippen molar-refractivity contribution in [1.82, 2.24) is 10.2 Å². The molecule has 1 saturated heterocycles. The number of benzene rings is 1. The van der Waals surface area contributed by atoms with Gasteiger partial charge < -0.3 is 15.2 Å². The van der Waals surface area contributed by atoms with E-state index in [1.165, 1.54) is 0 Å². The van der Waals surface area contributed by atoms with Gasteiger partial charge in [-0.25, -0.2) is 0 Å². The second kappa shape index (κ2) is 6.57. The summed E-state index contributed by atoms with van der Waals surface area (Å²) < 4.78 is 5.34. The van der Waals surface area contributed by atoms with E-state index in [2.05, 4.69) is 24.1 Å². The molecule has 4 heteroatoms. The van der Waals surface area contributed by atoms with Gasteiger partial charge in [0.2, 0.25) is 0 Å². The van der Waals surface area contributed by atoms with Gasteiger partial charge in [0.15, 0.2) is 0 Å². The summed E-state index contributed by atoms with van der Waals surface area (Å²) in [5.74, 6) is 0.883. The minimum absolute atomic E-state index is 0.128. The molecule has 0 amide bonds. The van der Waals surface area contributed by atoms with Crippen LogP contribution in [0.5, 0.6) is 5.75 Å². The summed E-state index contributed by atoms with van der Waals surface area (Å²) in [5, 5.41) is 14.1. The van der Waals surface area contributed by atoms with E-state index in [1.54, 1.807) is 7.11 Å². The molecule has 1 aromatic carbocycles. The number of rotatable bonds is 4. The van der Waals surface area contributed by atoms with Gasteiger partial charge in [0.1, 0.15) is 5.75 Å². The predicted molar refractivity (Wildman–Crippen MR) is 81.3 cm³/mol. The monoisotopic (exact) mass is 278 g/mol. The normalized spacial score (nSPS) is 19.6. The van der Waals surface area contributed by atoms with Crippen molar-refractivity contribution in [2.45, 2.75) is 32.9 Å². The minimum Gasteiger partial charge on any atom is -0.496 e. The van der Waals surface area contributed by atoms with E-state index in [1.807, 2.05) is 19.1 Å². The molecule has 1 aromatic rings. The number of nitrogens with zero attached hydrogens (tertiary/aromatic N) is 1. The molecule has 0 saturated carbocycles. The molecule has 0 aromatic heterocycles. The Hall–Kier alpha value is -1.10. The molecule has 1 fully saturated rings. The van der Waals surface area contributed by atoms with Crippen LogP contribution in [0.25, 0.3) is 0 Å². The lowest BCUT2D eigenvalue weighted by Gasteiger charge is -2.36. The van der Waals surface area contributed by atoms with Gasteiger partial charge in [-0.1, -0.05) is 6.07 Å². The Bertz CT molecular complexity index is 456. The Balaban J connectivity index is 2.19. The predicted octanol–water partition coefficient (Wildman–Crippen LogP) is 1.64. The van der Waals surface area contributed by atoms with Gasteiger partial charge in [-0.3, -0.25) is 4.90 Å². The zero-order valence-corrected chi connectivity index (χ0v) is 12.9. The van der Waals surface area contributed by atoms with Crippen molar-refractivity contribution >= 4 is 0 Å². The fourth-order valence-corrected chi connectivity index (χ4v) is 2.91. The molecule has 112 valence electrons. The Morgan fingerprint density at radius 1 is 1.20 bits per heavy atom. The van der Waals surface area contributed by atoms with Crippen molar-refractivity contribution in [3.63, 3.8) is 0 Å². The van der Waals surface area contributed by atoms with E-state index >= 15 is 0 Å². The molecular formula is C16H26N2O2. The zero-order valence-electron chi connectivity index (χ0n) is 12.9. The highest BCUT2D eigenvalue weighted by molar-refractivity contribution is 5.44. The lowest BCUT2D eigenvalue weighted by molar-refractivity contribution is 0.0505. The van der Waals surface area contributed by atoms with Crippen LogP contribution in [0.15, 0.2) is 12.1 Å². The maximum absolute atomic E-state index is 10.7. The molecule has 20 heavy (non-hydrogen) atoms. The summed E-state index contributed by atoms with van der Waals surface area (Å²) in [5.41, 5.74) is 3.24. The van der Waals surface area contributed by atoms with E-state index in [0.29, 0.717) is 0 Å². The fraction of sp³-hybridized carbons (Fsp3) is 0.625. The third-order valence-electron chi connectivity index (χ3n) is 4.50. The van der Waals surface area contributed by atoms with Crippen molar-refractivity contribution in [1.29, 1.82) is 0 Å². The van der Waals surface area contributed by atoms with Gasteiger partial charge in [-0.05, 0) is 43.5 Å². The van der Waals surface area contributed by atoms with Gasteiger partial charge in [-0.2, -0.15) is 0 Å².